The Morgan fingerprint density at radius 2 is 1.78 bits per heavy atom. The highest BCUT2D eigenvalue weighted by Gasteiger charge is 2.41. The fourth-order valence-corrected chi connectivity index (χ4v) is 6.22. The van der Waals surface area contributed by atoms with Crippen molar-refractivity contribution < 1.29 is 22.4 Å². The standard InChI is InChI=1S/C24H27FN2O4S/c25-21-8-6-19(7-9-21)15-27(22-11-13-32(30,31)17-22)24(29)20-14-23(28)26(16-20)12-10-18-4-2-1-3-5-18/h1-9,20,22H,10-17H2. The molecule has 0 N–H and O–H groups in total. The first kappa shape index (κ1) is 22.5. The molecule has 2 aromatic rings. The van der Waals surface area contributed by atoms with Crippen molar-refractivity contribution in [2.75, 3.05) is 24.6 Å². The zero-order valence-electron chi connectivity index (χ0n) is 17.8. The number of carbonyl (C=O) groups is 2. The van der Waals surface area contributed by atoms with Gasteiger partial charge in [0, 0.05) is 32.1 Å². The van der Waals surface area contributed by atoms with Crippen LogP contribution in [0.5, 0.6) is 0 Å². The number of sulfone groups is 1. The van der Waals surface area contributed by atoms with Crippen LogP contribution in [-0.2, 0) is 32.4 Å². The number of hydrogen-bond acceptors (Lipinski definition) is 4. The molecule has 0 radical (unpaired) electrons. The summed E-state index contributed by atoms with van der Waals surface area (Å²) >= 11 is 0. The van der Waals surface area contributed by atoms with Gasteiger partial charge in [-0.25, -0.2) is 12.8 Å². The molecule has 2 aliphatic rings. The molecular formula is C24H27FN2O4S. The van der Waals surface area contributed by atoms with Gasteiger partial charge in [0.2, 0.25) is 11.8 Å². The van der Waals surface area contributed by atoms with Crippen LogP contribution in [0.3, 0.4) is 0 Å². The summed E-state index contributed by atoms with van der Waals surface area (Å²) in [6.45, 7) is 1.08. The molecule has 2 aromatic carbocycles. The van der Waals surface area contributed by atoms with E-state index in [1.54, 1.807) is 21.9 Å². The van der Waals surface area contributed by atoms with Crippen molar-refractivity contribution in [1.82, 2.24) is 9.80 Å². The van der Waals surface area contributed by atoms with Gasteiger partial charge in [0.15, 0.2) is 9.84 Å². The Hall–Kier alpha value is -2.74. The lowest BCUT2D eigenvalue weighted by molar-refractivity contribution is -0.138. The lowest BCUT2D eigenvalue weighted by Crippen LogP contribution is -2.44. The third-order valence-electron chi connectivity index (χ3n) is 6.28. The van der Waals surface area contributed by atoms with Crippen molar-refractivity contribution in [3.63, 3.8) is 0 Å². The van der Waals surface area contributed by atoms with Gasteiger partial charge in [-0.3, -0.25) is 9.59 Å². The Labute approximate surface area is 187 Å². The molecule has 32 heavy (non-hydrogen) atoms. The summed E-state index contributed by atoms with van der Waals surface area (Å²) in [6.07, 6.45) is 1.23. The number of carbonyl (C=O) groups excluding carboxylic acids is 2. The molecular weight excluding hydrogens is 431 g/mol. The molecule has 170 valence electrons. The van der Waals surface area contributed by atoms with Gasteiger partial charge in [-0.05, 0) is 36.1 Å². The maximum absolute atomic E-state index is 13.5. The minimum absolute atomic E-state index is 0.0532. The molecule has 2 amide bonds. The lowest BCUT2D eigenvalue weighted by atomic mass is 10.0. The van der Waals surface area contributed by atoms with Crippen LogP contribution in [0.15, 0.2) is 54.6 Å². The van der Waals surface area contributed by atoms with E-state index >= 15 is 0 Å². The molecule has 0 aliphatic carbocycles. The van der Waals surface area contributed by atoms with Gasteiger partial charge in [0.1, 0.15) is 5.82 Å². The van der Waals surface area contributed by atoms with Crippen molar-refractivity contribution in [2.45, 2.75) is 31.8 Å². The average Bonchev–Trinajstić information content (AvgIpc) is 3.33. The zero-order valence-corrected chi connectivity index (χ0v) is 18.6. The predicted octanol–water partition coefficient (Wildman–Crippen LogP) is 2.43. The van der Waals surface area contributed by atoms with E-state index in [9.17, 15) is 22.4 Å². The van der Waals surface area contributed by atoms with Crippen molar-refractivity contribution in [3.8, 4) is 0 Å². The first-order valence-electron chi connectivity index (χ1n) is 10.9. The number of nitrogens with zero attached hydrogens (tertiary/aromatic N) is 2. The molecule has 2 saturated heterocycles. The van der Waals surface area contributed by atoms with E-state index in [2.05, 4.69) is 0 Å². The summed E-state index contributed by atoms with van der Waals surface area (Å²) in [7, 11) is -3.19. The second-order valence-corrected chi connectivity index (χ2v) is 10.9. The normalized spacial score (nSPS) is 22.3. The van der Waals surface area contributed by atoms with E-state index in [-0.39, 0.29) is 42.1 Å². The number of benzene rings is 2. The van der Waals surface area contributed by atoms with E-state index in [0.717, 1.165) is 11.1 Å². The molecule has 2 heterocycles. The van der Waals surface area contributed by atoms with Crippen molar-refractivity contribution in [1.29, 1.82) is 0 Å². The van der Waals surface area contributed by atoms with E-state index in [0.29, 0.717) is 25.9 Å². The van der Waals surface area contributed by atoms with E-state index in [4.69, 9.17) is 0 Å². The van der Waals surface area contributed by atoms with Crippen LogP contribution in [0.4, 0.5) is 4.39 Å². The minimum Gasteiger partial charge on any atom is -0.342 e. The maximum Gasteiger partial charge on any atom is 0.228 e. The second kappa shape index (κ2) is 9.40. The molecule has 2 atom stereocenters. The Morgan fingerprint density at radius 1 is 1.06 bits per heavy atom. The van der Waals surface area contributed by atoms with Gasteiger partial charge < -0.3 is 9.80 Å². The number of hydrogen-bond donors (Lipinski definition) is 0. The third kappa shape index (κ3) is 5.35. The molecule has 4 rings (SSSR count). The van der Waals surface area contributed by atoms with Gasteiger partial charge in [-0.2, -0.15) is 0 Å². The highest BCUT2D eigenvalue weighted by molar-refractivity contribution is 7.91. The van der Waals surface area contributed by atoms with Gasteiger partial charge in [-0.15, -0.1) is 0 Å². The second-order valence-electron chi connectivity index (χ2n) is 8.63. The summed E-state index contributed by atoms with van der Waals surface area (Å²) in [5, 5.41) is 0. The highest BCUT2D eigenvalue weighted by Crippen LogP contribution is 2.26. The molecule has 0 bridgehead atoms. The third-order valence-corrected chi connectivity index (χ3v) is 8.03. The molecule has 2 unspecified atom stereocenters. The zero-order chi connectivity index (χ0) is 22.7. The molecule has 6 nitrogen and oxygen atoms in total. The quantitative estimate of drug-likeness (QED) is 0.639. The average molecular weight is 459 g/mol. The van der Waals surface area contributed by atoms with Crippen LogP contribution in [-0.4, -0.2) is 60.7 Å². The van der Waals surface area contributed by atoms with E-state index in [1.807, 2.05) is 30.3 Å². The SMILES string of the molecule is O=C1CC(C(=O)N(Cc2ccc(F)cc2)C2CCS(=O)(=O)C2)CN1CCc1ccccc1. The molecule has 2 fully saturated rings. The topological polar surface area (TPSA) is 74.8 Å². The van der Waals surface area contributed by atoms with Crippen LogP contribution in [0.1, 0.15) is 24.0 Å². The first-order chi connectivity index (χ1) is 15.3. The van der Waals surface area contributed by atoms with Crippen molar-refractivity contribution >= 4 is 21.7 Å². The summed E-state index contributed by atoms with van der Waals surface area (Å²) in [5.74, 6) is -1.14. The van der Waals surface area contributed by atoms with E-state index < -0.39 is 21.8 Å². The number of rotatable bonds is 7. The van der Waals surface area contributed by atoms with Gasteiger partial charge in [-0.1, -0.05) is 42.5 Å². The van der Waals surface area contributed by atoms with Crippen LogP contribution >= 0.6 is 0 Å². The molecule has 2 aliphatic heterocycles. The summed E-state index contributed by atoms with van der Waals surface area (Å²) in [5.41, 5.74) is 1.86. The van der Waals surface area contributed by atoms with Crippen LogP contribution in [0, 0.1) is 11.7 Å². The Kier molecular flexibility index (Phi) is 6.60. The lowest BCUT2D eigenvalue weighted by Gasteiger charge is -2.31. The largest absolute Gasteiger partial charge is 0.342 e. The maximum atomic E-state index is 13.5. The highest BCUT2D eigenvalue weighted by atomic mass is 32.2. The summed E-state index contributed by atoms with van der Waals surface area (Å²) < 4.78 is 37.4. The Balaban J connectivity index is 1.46. The fraction of sp³-hybridized carbons (Fsp3) is 0.417. The van der Waals surface area contributed by atoms with E-state index in [1.165, 1.54) is 12.1 Å². The predicted molar refractivity (Wildman–Crippen MR) is 119 cm³/mol. The van der Waals surface area contributed by atoms with Gasteiger partial charge in [0.25, 0.3) is 0 Å². The number of amides is 2. The monoisotopic (exact) mass is 458 g/mol. The minimum atomic E-state index is -3.19. The number of likely N-dealkylation sites (tertiary alicyclic amines) is 1. The fourth-order valence-electron chi connectivity index (χ4n) is 4.49. The molecule has 0 spiro atoms. The Bertz CT molecular complexity index is 1070. The smallest absolute Gasteiger partial charge is 0.228 e. The van der Waals surface area contributed by atoms with Crippen LogP contribution < -0.4 is 0 Å². The molecule has 0 aromatic heterocycles. The first-order valence-corrected chi connectivity index (χ1v) is 12.7. The van der Waals surface area contributed by atoms with Crippen LogP contribution in [0.25, 0.3) is 0 Å². The van der Waals surface area contributed by atoms with Gasteiger partial charge >= 0.3 is 0 Å². The molecule has 0 saturated carbocycles. The summed E-state index contributed by atoms with van der Waals surface area (Å²) in [4.78, 5) is 29.3. The van der Waals surface area contributed by atoms with Gasteiger partial charge in [0.05, 0.1) is 17.4 Å². The molecule has 8 heteroatoms. The van der Waals surface area contributed by atoms with Crippen molar-refractivity contribution in [3.05, 3.63) is 71.5 Å². The van der Waals surface area contributed by atoms with Crippen molar-refractivity contribution in [2.24, 2.45) is 5.92 Å². The summed E-state index contributed by atoms with van der Waals surface area (Å²) in [6, 6.07) is 15.3. The Morgan fingerprint density at radius 3 is 2.44 bits per heavy atom. The van der Waals surface area contributed by atoms with Crippen LogP contribution in [0.2, 0.25) is 0 Å². The number of halogens is 1.